The van der Waals surface area contributed by atoms with Gasteiger partial charge in [0.1, 0.15) is 9.88 Å². The van der Waals surface area contributed by atoms with Crippen LogP contribution in [0.3, 0.4) is 0 Å². The van der Waals surface area contributed by atoms with Gasteiger partial charge in [0.2, 0.25) is 0 Å². The Bertz CT molecular complexity index is 544. The average Bonchev–Trinajstić information content (AvgIpc) is 3.03. The molecule has 0 atom stereocenters. The standard InChI is InChI=1S/C13H17N3OS2.2ClH/c1-9-11(12(17)15-7-4-6-14-2)19-13(16-9)10-5-3-8-18-10;;/h3,5,8,14H,4,6-7H2,1-2H3,(H,15,17);2*1H. The Morgan fingerprint density at radius 1 is 1.33 bits per heavy atom. The van der Waals surface area contributed by atoms with Crippen molar-refractivity contribution in [2.45, 2.75) is 13.3 Å². The van der Waals surface area contributed by atoms with Crippen molar-refractivity contribution in [3.63, 3.8) is 0 Å². The van der Waals surface area contributed by atoms with Crippen molar-refractivity contribution in [3.8, 4) is 9.88 Å². The summed E-state index contributed by atoms with van der Waals surface area (Å²) in [6.45, 7) is 3.48. The maximum Gasteiger partial charge on any atom is 0.263 e. The summed E-state index contributed by atoms with van der Waals surface area (Å²) < 4.78 is 0. The first-order chi connectivity index (χ1) is 9.22. The second-order valence-corrected chi connectivity index (χ2v) is 6.07. The third kappa shape index (κ3) is 5.56. The van der Waals surface area contributed by atoms with E-state index in [1.807, 2.05) is 31.5 Å². The molecule has 0 saturated carbocycles. The molecule has 0 aromatic carbocycles. The van der Waals surface area contributed by atoms with Gasteiger partial charge in [-0.1, -0.05) is 6.07 Å². The first-order valence-electron chi connectivity index (χ1n) is 6.16. The van der Waals surface area contributed by atoms with Gasteiger partial charge in [0, 0.05) is 6.54 Å². The lowest BCUT2D eigenvalue weighted by Gasteiger charge is -2.03. The molecule has 1 amide bonds. The summed E-state index contributed by atoms with van der Waals surface area (Å²) in [5, 5.41) is 8.93. The number of thiazole rings is 1. The average molecular weight is 368 g/mol. The minimum absolute atomic E-state index is 0. The van der Waals surface area contributed by atoms with E-state index in [-0.39, 0.29) is 30.7 Å². The van der Waals surface area contributed by atoms with Gasteiger partial charge in [-0.15, -0.1) is 47.5 Å². The number of hydrogen-bond donors (Lipinski definition) is 2. The Labute approximate surface area is 145 Å². The van der Waals surface area contributed by atoms with Gasteiger partial charge in [-0.25, -0.2) is 4.98 Å². The zero-order valence-corrected chi connectivity index (χ0v) is 15.1. The Morgan fingerprint density at radius 3 is 2.71 bits per heavy atom. The predicted molar refractivity (Wildman–Crippen MR) is 95.5 cm³/mol. The Hall–Kier alpha value is -0.660. The van der Waals surface area contributed by atoms with Crippen molar-refractivity contribution in [1.29, 1.82) is 0 Å². The minimum Gasteiger partial charge on any atom is -0.351 e. The molecule has 0 unspecified atom stereocenters. The SMILES string of the molecule is CNCCCNC(=O)c1sc(-c2cccs2)nc1C.Cl.Cl. The van der Waals surface area contributed by atoms with Crippen LogP contribution in [0, 0.1) is 6.92 Å². The number of rotatable bonds is 6. The number of amides is 1. The quantitative estimate of drug-likeness (QED) is 0.769. The number of halogens is 2. The molecule has 4 nitrogen and oxygen atoms in total. The van der Waals surface area contributed by atoms with Gasteiger partial charge >= 0.3 is 0 Å². The van der Waals surface area contributed by atoms with Crippen LogP contribution in [0.15, 0.2) is 17.5 Å². The minimum atomic E-state index is -0.0195. The van der Waals surface area contributed by atoms with E-state index in [4.69, 9.17) is 0 Å². The second-order valence-electron chi connectivity index (χ2n) is 4.12. The van der Waals surface area contributed by atoms with E-state index in [0.717, 1.165) is 28.5 Å². The highest BCUT2D eigenvalue weighted by atomic mass is 35.5. The summed E-state index contributed by atoms with van der Waals surface area (Å²) in [4.78, 5) is 18.4. The number of hydrogen-bond acceptors (Lipinski definition) is 5. The number of nitrogens with one attached hydrogen (secondary N) is 2. The lowest BCUT2D eigenvalue weighted by atomic mass is 10.3. The smallest absolute Gasteiger partial charge is 0.263 e. The molecule has 2 aromatic heterocycles. The summed E-state index contributed by atoms with van der Waals surface area (Å²) in [6.07, 6.45) is 0.928. The number of thiophene rings is 1. The van der Waals surface area contributed by atoms with Crippen molar-refractivity contribution in [3.05, 3.63) is 28.1 Å². The molecule has 8 heteroatoms. The Kier molecular flexibility index (Phi) is 9.81. The lowest BCUT2D eigenvalue weighted by Crippen LogP contribution is -2.26. The molecule has 0 aliphatic rings. The predicted octanol–water partition coefficient (Wildman–Crippen LogP) is 3.36. The maximum atomic E-state index is 12.1. The van der Waals surface area contributed by atoms with Gasteiger partial charge in [0.05, 0.1) is 10.6 Å². The molecule has 0 bridgehead atoms. The van der Waals surface area contributed by atoms with Crippen molar-refractivity contribution in [2.75, 3.05) is 20.1 Å². The molecule has 2 N–H and O–H groups in total. The zero-order valence-electron chi connectivity index (χ0n) is 11.8. The van der Waals surface area contributed by atoms with E-state index in [9.17, 15) is 4.79 Å². The highest BCUT2D eigenvalue weighted by molar-refractivity contribution is 7.22. The van der Waals surface area contributed by atoms with Crippen LogP contribution in [-0.4, -0.2) is 31.0 Å². The van der Waals surface area contributed by atoms with Crippen LogP contribution in [0.25, 0.3) is 9.88 Å². The van der Waals surface area contributed by atoms with Crippen LogP contribution in [0.4, 0.5) is 0 Å². The van der Waals surface area contributed by atoms with E-state index >= 15 is 0 Å². The van der Waals surface area contributed by atoms with Crippen LogP contribution in [-0.2, 0) is 0 Å². The maximum absolute atomic E-state index is 12.1. The third-order valence-electron chi connectivity index (χ3n) is 2.62. The lowest BCUT2D eigenvalue weighted by molar-refractivity contribution is 0.0956. The second kappa shape index (κ2) is 10.1. The van der Waals surface area contributed by atoms with E-state index in [2.05, 4.69) is 15.6 Å². The summed E-state index contributed by atoms with van der Waals surface area (Å²) in [6, 6.07) is 4.02. The van der Waals surface area contributed by atoms with Gasteiger partial charge < -0.3 is 10.6 Å². The fourth-order valence-electron chi connectivity index (χ4n) is 1.66. The zero-order chi connectivity index (χ0) is 13.7. The van der Waals surface area contributed by atoms with E-state index in [1.54, 1.807) is 11.3 Å². The molecule has 21 heavy (non-hydrogen) atoms. The van der Waals surface area contributed by atoms with Gasteiger partial charge in [0.25, 0.3) is 5.91 Å². The highest BCUT2D eigenvalue weighted by Crippen LogP contribution is 2.30. The van der Waals surface area contributed by atoms with Gasteiger partial charge in [-0.3, -0.25) is 4.79 Å². The van der Waals surface area contributed by atoms with Gasteiger partial charge in [-0.05, 0) is 38.4 Å². The fourth-order valence-corrected chi connectivity index (χ4v) is 3.44. The normalized spacial score (nSPS) is 9.62. The van der Waals surface area contributed by atoms with E-state index < -0.39 is 0 Å². The summed E-state index contributed by atoms with van der Waals surface area (Å²) in [7, 11) is 1.91. The van der Waals surface area contributed by atoms with Crippen molar-refractivity contribution in [1.82, 2.24) is 15.6 Å². The van der Waals surface area contributed by atoms with Gasteiger partial charge in [-0.2, -0.15) is 0 Å². The molecule has 118 valence electrons. The number of carbonyl (C=O) groups is 1. The molecule has 0 aliphatic carbocycles. The summed E-state index contributed by atoms with van der Waals surface area (Å²) in [5.41, 5.74) is 0.805. The monoisotopic (exact) mass is 367 g/mol. The third-order valence-corrected chi connectivity index (χ3v) is 4.82. The van der Waals surface area contributed by atoms with E-state index in [0.29, 0.717) is 11.4 Å². The van der Waals surface area contributed by atoms with Gasteiger partial charge in [0.15, 0.2) is 0 Å². The van der Waals surface area contributed by atoms with Crippen molar-refractivity contribution in [2.24, 2.45) is 0 Å². The molecular weight excluding hydrogens is 349 g/mol. The molecule has 0 spiro atoms. The fraction of sp³-hybridized carbons (Fsp3) is 0.385. The molecule has 0 aliphatic heterocycles. The topological polar surface area (TPSA) is 54.0 Å². The van der Waals surface area contributed by atoms with Crippen LogP contribution in [0.5, 0.6) is 0 Å². The molecule has 2 aromatic rings. The molecule has 2 rings (SSSR count). The molecule has 2 heterocycles. The summed E-state index contributed by atoms with van der Waals surface area (Å²) in [5.74, 6) is -0.0195. The highest BCUT2D eigenvalue weighted by Gasteiger charge is 2.16. The van der Waals surface area contributed by atoms with Crippen LogP contribution in [0.1, 0.15) is 21.8 Å². The number of carbonyl (C=O) groups excluding carboxylic acids is 1. The Balaban J connectivity index is 0.00000200. The number of nitrogens with zero attached hydrogens (tertiary/aromatic N) is 1. The number of aromatic nitrogens is 1. The molecule has 0 fully saturated rings. The molecule has 0 saturated heterocycles. The molecular formula is C13H19Cl2N3OS2. The van der Waals surface area contributed by atoms with Crippen LogP contribution < -0.4 is 10.6 Å². The first kappa shape index (κ1) is 20.3. The van der Waals surface area contributed by atoms with E-state index in [1.165, 1.54) is 11.3 Å². The van der Waals surface area contributed by atoms with Crippen molar-refractivity contribution < 1.29 is 4.79 Å². The van der Waals surface area contributed by atoms with Crippen molar-refractivity contribution >= 4 is 53.4 Å². The summed E-state index contributed by atoms with van der Waals surface area (Å²) >= 11 is 3.10. The largest absolute Gasteiger partial charge is 0.351 e. The van der Waals surface area contributed by atoms with Crippen LogP contribution in [0.2, 0.25) is 0 Å². The van der Waals surface area contributed by atoms with Crippen LogP contribution >= 0.6 is 47.5 Å². The number of aryl methyl sites for hydroxylation is 1. The first-order valence-corrected chi connectivity index (χ1v) is 7.86. The molecule has 0 radical (unpaired) electrons. The Morgan fingerprint density at radius 2 is 2.10 bits per heavy atom.